The van der Waals surface area contributed by atoms with Gasteiger partial charge >= 0.3 is 0 Å². The standard InChI is InChI=1S/C20H26N2O/c1-4-6-9-14-22-15-20(3,5-2)23-19-13-12-18(21)16-10-7-8-11-17(16)19/h5,7-8,10-13,15H,2,4,6,9,14,21H2,1,3H3. The molecule has 2 aromatic carbocycles. The van der Waals surface area contributed by atoms with Crippen molar-refractivity contribution < 1.29 is 4.74 Å². The first-order valence-corrected chi connectivity index (χ1v) is 8.20. The minimum Gasteiger partial charge on any atom is -0.477 e. The van der Waals surface area contributed by atoms with Crippen LogP contribution in [0.5, 0.6) is 5.75 Å². The molecule has 3 heteroatoms. The van der Waals surface area contributed by atoms with E-state index in [9.17, 15) is 0 Å². The molecule has 0 aromatic heterocycles. The molecule has 0 spiro atoms. The van der Waals surface area contributed by atoms with Crippen molar-refractivity contribution in [3.63, 3.8) is 0 Å². The third-order valence-corrected chi connectivity index (χ3v) is 3.89. The minimum absolute atomic E-state index is 0.634. The van der Waals surface area contributed by atoms with Crippen molar-refractivity contribution in [1.29, 1.82) is 0 Å². The van der Waals surface area contributed by atoms with Crippen LogP contribution in [0.15, 0.2) is 54.0 Å². The van der Waals surface area contributed by atoms with Gasteiger partial charge in [-0.15, -0.1) is 0 Å². The number of unbranched alkanes of at least 4 members (excludes halogenated alkanes) is 2. The zero-order valence-electron chi connectivity index (χ0n) is 14.1. The number of nitrogen functional groups attached to an aromatic ring is 1. The van der Waals surface area contributed by atoms with E-state index in [0.717, 1.165) is 35.2 Å². The Labute approximate surface area is 138 Å². The SMILES string of the molecule is C=CC(C)(C=NCCCCC)Oc1ccc(N)c2ccccc12. The van der Waals surface area contributed by atoms with Crippen LogP contribution in [-0.2, 0) is 0 Å². The molecule has 0 aliphatic heterocycles. The van der Waals surface area contributed by atoms with Gasteiger partial charge in [0.1, 0.15) is 5.75 Å². The highest BCUT2D eigenvalue weighted by Crippen LogP contribution is 2.32. The highest BCUT2D eigenvalue weighted by Gasteiger charge is 2.21. The Bertz CT molecular complexity index is 693. The van der Waals surface area contributed by atoms with Crippen molar-refractivity contribution in [3.8, 4) is 5.75 Å². The maximum Gasteiger partial charge on any atom is 0.159 e. The van der Waals surface area contributed by atoms with Gasteiger partial charge in [-0.2, -0.15) is 0 Å². The number of ether oxygens (including phenoxy) is 1. The zero-order valence-corrected chi connectivity index (χ0v) is 14.1. The monoisotopic (exact) mass is 310 g/mol. The number of benzene rings is 2. The van der Waals surface area contributed by atoms with E-state index >= 15 is 0 Å². The van der Waals surface area contributed by atoms with Crippen LogP contribution < -0.4 is 10.5 Å². The van der Waals surface area contributed by atoms with Crippen LogP contribution in [0, 0.1) is 0 Å². The second kappa shape index (κ2) is 7.82. The molecule has 23 heavy (non-hydrogen) atoms. The summed E-state index contributed by atoms with van der Waals surface area (Å²) in [5, 5.41) is 2.00. The lowest BCUT2D eigenvalue weighted by molar-refractivity contribution is 0.220. The Balaban J connectivity index is 2.21. The molecule has 1 unspecified atom stereocenters. The summed E-state index contributed by atoms with van der Waals surface area (Å²) in [6, 6.07) is 11.8. The predicted octanol–water partition coefficient (Wildman–Crippen LogP) is 5.01. The fraction of sp³-hybridized carbons (Fsp3) is 0.350. The van der Waals surface area contributed by atoms with Crippen LogP contribution in [0.3, 0.4) is 0 Å². The molecular weight excluding hydrogens is 284 g/mol. The van der Waals surface area contributed by atoms with E-state index < -0.39 is 5.60 Å². The van der Waals surface area contributed by atoms with Gasteiger partial charge in [0.2, 0.25) is 0 Å². The van der Waals surface area contributed by atoms with Crippen LogP contribution in [0.2, 0.25) is 0 Å². The predicted molar refractivity (Wildman–Crippen MR) is 100 cm³/mol. The first-order valence-electron chi connectivity index (χ1n) is 8.20. The Kier molecular flexibility index (Phi) is 5.80. The average molecular weight is 310 g/mol. The molecule has 2 aromatic rings. The quantitative estimate of drug-likeness (QED) is 0.322. The molecule has 122 valence electrons. The van der Waals surface area contributed by atoms with Gasteiger partial charge in [-0.25, -0.2) is 0 Å². The molecule has 3 nitrogen and oxygen atoms in total. The smallest absolute Gasteiger partial charge is 0.159 e. The molecule has 2 N–H and O–H groups in total. The van der Waals surface area contributed by atoms with E-state index in [-0.39, 0.29) is 0 Å². The molecule has 0 saturated carbocycles. The second-order valence-electron chi connectivity index (χ2n) is 5.93. The van der Waals surface area contributed by atoms with Crippen molar-refractivity contribution in [2.24, 2.45) is 4.99 Å². The van der Waals surface area contributed by atoms with Gasteiger partial charge in [0.15, 0.2) is 5.60 Å². The fourth-order valence-corrected chi connectivity index (χ4v) is 2.44. The van der Waals surface area contributed by atoms with Crippen molar-refractivity contribution in [2.75, 3.05) is 12.3 Å². The average Bonchev–Trinajstić information content (AvgIpc) is 2.58. The first kappa shape index (κ1) is 17.1. The Morgan fingerprint density at radius 2 is 1.91 bits per heavy atom. The zero-order chi connectivity index (χ0) is 16.7. The van der Waals surface area contributed by atoms with Crippen LogP contribution in [-0.4, -0.2) is 18.4 Å². The van der Waals surface area contributed by atoms with Gasteiger partial charge in [0.05, 0.1) is 0 Å². The summed E-state index contributed by atoms with van der Waals surface area (Å²) in [6.45, 7) is 8.88. The van der Waals surface area contributed by atoms with Gasteiger partial charge in [0, 0.05) is 29.2 Å². The maximum absolute atomic E-state index is 6.20. The third-order valence-electron chi connectivity index (χ3n) is 3.89. The van der Waals surface area contributed by atoms with E-state index in [2.05, 4.69) is 18.5 Å². The van der Waals surface area contributed by atoms with Gasteiger partial charge in [0.25, 0.3) is 0 Å². The summed E-state index contributed by atoms with van der Waals surface area (Å²) < 4.78 is 6.20. The van der Waals surface area contributed by atoms with Gasteiger partial charge < -0.3 is 10.5 Å². The number of nitrogens with two attached hydrogens (primary N) is 1. The van der Waals surface area contributed by atoms with Gasteiger partial charge in [-0.05, 0) is 31.6 Å². The molecule has 0 saturated heterocycles. The Morgan fingerprint density at radius 1 is 1.17 bits per heavy atom. The highest BCUT2D eigenvalue weighted by atomic mass is 16.5. The van der Waals surface area contributed by atoms with Crippen molar-refractivity contribution in [2.45, 2.75) is 38.7 Å². The largest absolute Gasteiger partial charge is 0.477 e. The summed E-state index contributed by atoms with van der Waals surface area (Å²) in [5.74, 6) is 0.789. The molecule has 0 aliphatic rings. The molecule has 0 radical (unpaired) electrons. The molecule has 0 bridgehead atoms. The highest BCUT2D eigenvalue weighted by molar-refractivity contribution is 5.97. The fourth-order valence-electron chi connectivity index (χ4n) is 2.44. The number of fused-ring (bicyclic) bond motifs is 1. The number of hydrogen-bond donors (Lipinski definition) is 1. The van der Waals surface area contributed by atoms with E-state index in [1.807, 2.05) is 49.5 Å². The lowest BCUT2D eigenvalue weighted by Gasteiger charge is -2.24. The summed E-state index contributed by atoms with van der Waals surface area (Å²) >= 11 is 0. The number of rotatable bonds is 8. The molecule has 0 aliphatic carbocycles. The van der Waals surface area contributed by atoms with Crippen molar-refractivity contribution >= 4 is 22.7 Å². The minimum atomic E-state index is -0.634. The van der Waals surface area contributed by atoms with E-state index in [1.165, 1.54) is 12.8 Å². The molecular formula is C20H26N2O. The van der Waals surface area contributed by atoms with Crippen LogP contribution >= 0.6 is 0 Å². The Morgan fingerprint density at radius 3 is 2.61 bits per heavy atom. The Hall–Kier alpha value is -2.29. The number of nitrogens with zero attached hydrogens (tertiary/aromatic N) is 1. The maximum atomic E-state index is 6.20. The molecule has 1 atom stereocenters. The first-order chi connectivity index (χ1) is 11.1. The third kappa shape index (κ3) is 4.35. The number of aliphatic imine (C=N–C) groups is 1. The summed E-state index contributed by atoms with van der Waals surface area (Å²) in [4.78, 5) is 4.50. The van der Waals surface area contributed by atoms with Gasteiger partial charge in [-0.3, -0.25) is 4.99 Å². The summed E-state index contributed by atoms with van der Waals surface area (Å²) in [7, 11) is 0. The van der Waals surface area contributed by atoms with E-state index in [0.29, 0.717) is 0 Å². The van der Waals surface area contributed by atoms with Crippen LogP contribution in [0.1, 0.15) is 33.1 Å². The van der Waals surface area contributed by atoms with E-state index in [1.54, 1.807) is 6.08 Å². The molecule has 0 heterocycles. The van der Waals surface area contributed by atoms with Crippen molar-refractivity contribution in [1.82, 2.24) is 0 Å². The van der Waals surface area contributed by atoms with Crippen LogP contribution in [0.25, 0.3) is 10.8 Å². The number of hydrogen-bond acceptors (Lipinski definition) is 3. The van der Waals surface area contributed by atoms with Crippen LogP contribution in [0.4, 0.5) is 5.69 Å². The molecule has 2 rings (SSSR count). The molecule has 0 amide bonds. The van der Waals surface area contributed by atoms with Crippen molar-refractivity contribution in [3.05, 3.63) is 49.1 Å². The number of anilines is 1. The van der Waals surface area contributed by atoms with Gasteiger partial charge in [-0.1, -0.05) is 50.6 Å². The summed E-state index contributed by atoms with van der Waals surface area (Å²) in [5.41, 5.74) is 6.16. The second-order valence-corrected chi connectivity index (χ2v) is 5.93. The lowest BCUT2D eigenvalue weighted by atomic mass is 10.1. The lowest BCUT2D eigenvalue weighted by Crippen LogP contribution is -2.31. The molecule has 0 fully saturated rings. The normalized spacial score (nSPS) is 14.0. The summed E-state index contributed by atoms with van der Waals surface area (Å²) in [6.07, 6.45) is 7.13. The van der Waals surface area contributed by atoms with E-state index in [4.69, 9.17) is 10.5 Å². The topological polar surface area (TPSA) is 47.6 Å².